The summed E-state index contributed by atoms with van der Waals surface area (Å²) >= 11 is 0. The van der Waals surface area contributed by atoms with Crippen LogP contribution in [0.4, 0.5) is 11.5 Å². The smallest absolute Gasteiger partial charge is 0.372 e. The van der Waals surface area contributed by atoms with Gasteiger partial charge in [-0.3, -0.25) is 10.1 Å². The molecule has 0 amide bonds. The van der Waals surface area contributed by atoms with Crippen molar-refractivity contribution in [2.24, 2.45) is 0 Å². The molecule has 1 atom stereocenters. The molecule has 1 rings (SSSR count). The van der Waals surface area contributed by atoms with Gasteiger partial charge in [0, 0.05) is 11.5 Å². The Morgan fingerprint density at radius 2 is 2.00 bits per heavy atom. The third-order valence-corrected chi connectivity index (χ3v) is 2.89. The molecule has 0 bridgehead atoms. The Bertz CT molecular complexity index is 497. The normalized spacial score (nSPS) is 12.9. The van der Waals surface area contributed by atoms with E-state index in [1.54, 1.807) is 0 Å². The van der Waals surface area contributed by atoms with Gasteiger partial charge in [0.1, 0.15) is 5.82 Å². The topological polar surface area (TPSA) is 90.2 Å². The zero-order valence-electron chi connectivity index (χ0n) is 12.9. The molecule has 0 aliphatic carbocycles. The fourth-order valence-electron chi connectivity index (χ4n) is 1.51. The summed E-state index contributed by atoms with van der Waals surface area (Å²) in [4.78, 5) is 19.2. The zero-order chi connectivity index (χ0) is 15.5. The largest absolute Gasteiger partial charge is 0.476 e. The quantitative estimate of drug-likeness (QED) is 0.659. The molecule has 7 heteroatoms. The van der Waals surface area contributed by atoms with E-state index >= 15 is 0 Å². The summed E-state index contributed by atoms with van der Waals surface area (Å²) < 4.78 is 5.07. The van der Waals surface area contributed by atoms with Crippen molar-refractivity contribution in [2.45, 2.75) is 52.5 Å². The Morgan fingerprint density at radius 1 is 1.40 bits per heavy atom. The average Bonchev–Trinajstić information content (AvgIpc) is 2.35. The molecule has 1 aromatic heterocycles. The number of nitro groups is 1. The Kier molecular flexibility index (Phi) is 4.86. The summed E-state index contributed by atoms with van der Waals surface area (Å²) in [6, 6.07) is 0.0705. The molecule has 1 heterocycles. The van der Waals surface area contributed by atoms with Crippen molar-refractivity contribution in [3.05, 3.63) is 15.9 Å². The van der Waals surface area contributed by atoms with E-state index in [9.17, 15) is 10.1 Å². The van der Waals surface area contributed by atoms with Crippen LogP contribution in [0.1, 0.15) is 46.9 Å². The van der Waals surface area contributed by atoms with Crippen molar-refractivity contribution < 1.29 is 9.66 Å². The van der Waals surface area contributed by atoms with Crippen LogP contribution in [0, 0.1) is 10.1 Å². The van der Waals surface area contributed by atoms with E-state index in [0.717, 1.165) is 6.42 Å². The van der Waals surface area contributed by atoms with Gasteiger partial charge < -0.3 is 10.1 Å². The van der Waals surface area contributed by atoms with Gasteiger partial charge in [0.2, 0.25) is 5.82 Å². The molecule has 0 aliphatic rings. The van der Waals surface area contributed by atoms with Gasteiger partial charge in [-0.1, -0.05) is 27.7 Å². The van der Waals surface area contributed by atoms with E-state index in [-0.39, 0.29) is 28.8 Å². The van der Waals surface area contributed by atoms with Gasteiger partial charge in [0.05, 0.1) is 12.0 Å². The third-order valence-electron chi connectivity index (χ3n) is 2.89. The lowest BCUT2D eigenvalue weighted by Gasteiger charge is -2.20. The van der Waals surface area contributed by atoms with Crippen molar-refractivity contribution in [2.75, 3.05) is 12.4 Å². The highest BCUT2D eigenvalue weighted by molar-refractivity contribution is 5.62. The summed E-state index contributed by atoms with van der Waals surface area (Å²) in [5.74, 6) is 0.701. The minimum absolute atomic E-state index is 0.0132. The second kappa shape index (κ2) is 6.02. The first-order chi connectivity index (χ1) is 9.20. The van der Waals surface area contributed by atoms with Crippen molar-refractivity contribution in [1.29, 1.82) is 0 Å². The molecule has 0 radical (unpaired) electrons. The molecule has 0 fully saturated rings. The fraction of sp³-hybridized carbons (Fsp3) is 0.692. The van der Waals surface area contributed by atoms with E-state index in [1.165, 1.54) is 7.11 Å². The Hall–Kier alpha value is -1.92. The molecule has 7 nitrogen and oxygen atoms in total. The van der Waals surface area contributed by atoms with Crippen molar-refractivity contribution >= 4 is 11.5 Å². The third kappa shape index (κ3) is 3.55. The lowest BCUT2D eigenvalue weighted by molar-refractivity contribution is -0.385. The first-order valence-electron chi connectivity index (χ1n) is 6.58. The minimum Gasteiger partial charge on any atom is -0.476 e. The standard InChI is InChI=1S/C13H22N4O3/c1-7-8(2)14-10-9(17(18)19)11(20-6)16-12(15-10)13(3,4)5/h8H,7H2,1-6H3,(H,14,15,16). The Balaban J connectivity index is 3.45. The van der Waals surface area contributed by atoms with Crippen LogP contribution in [-0.2, 0) is 5.41 Å². The molecule has 1 unspecified atom stereocenters. The fourth-order valence-corrected chi connectivity index (χ4v) is 1.51. The molecule has 0 saturated carbocycles. The Labute approximate surface area is 118 Å². The van der Waals surface area contributed by atoms with Gasteiger partial charge in [0.15, 0.2) is 0 Å². The highest BCUT2D eigenvalue weighted by Gasteiger charge is 2.30. The number of methoxy groups -OCH3 is 1. The number of nitrogens with one attached hydrogen (secondary N) is 1. The summed E-state index contributed by atoms with van der Waals surface area (Å²) in [5.41, 5.74) is -0.547. The number of aromatic nitrogens is 2. The molecule has 1 aromatic rings. The zero-order valence-corrected chi connectivity index (χ0v) is 12.9. The van der Waals surface area contributed by atoms with Crippen LogP contribution in [0.15, 0.2) is 0 Å². The van der Waals surface area contributed by atoms with Gasteiger partial charge in [0.25, 0.3) is 5.88 Å². The van der Waals surface area contributed by atoms with Crippen LogP contribution in [0.25, 0.3) is 0 Å². The Morgan fingerprint density at radius 3 is 2.40 bits per heavy atom. The van der Waals surface area contributed by atoms with Crippen LogP contribution < -0.4 is 10.1 Å². The predicted molar refractivity (Wildman–Crippen MR) is 77.3 cm³/mol. The van der Waals surface area contributed by atoms with Crippen LogP contribution >= 0.6 is 0 Å². The number of anilines is 1. The molecule has 0 saturated heterocycles. The van der Waals surface area contributed by atoms with E-state index in [2.05, 4.69) is 15.3 Å². The molecule has 20 heavy (non-hydrogen) atoms. The van der Waals surface area contributed by atoms with Crippen molar-refractivity contribution in [3.63, 3.8) is 0 Å². The minimum atomic E-state index is -0.518. The van der Waals surface area contributed by atoms with E-state index in [0.29, 0.717) is 5.82 Å². The van der Waals surface area contributed by atoms with E-state index in [4.69, 9.17) is 4.74 Å². The highest BCUT2D eigenvalue weighted by atomic mass is 16.6. The van der Waals surface area contributed by atoms with Gasteiger partial charge in [-0.05, 0) is 13.3 Å². The SMILES string of the molecule is CCC(C)Nc1nc(C(C)(C)C)nc(OC)c1[N+](=O)[O-]. The maximum absolute atomic E-state index is 11.2. The maximum atomic E-state index is 11.2. The molecule has 112 valence electrons. The van der Waals surface area contributed by atoms with E-state index < -0.39 is 4.92 Å². The molecule has 1 N–H and O–H groups in total. The van der Waals surface area contributed by atoms with Crippen molar-refractivity contribution in [3.8, 4) is 5.88 Å². The maximum Gasteiger partial charge on any atom is 0.372 e. The van der Waals surface area contributed by atoms with Gasteiger partial charge in [-0.25, -0.2) is 4.98 Å². The summed E-state index contributed by atoms with van der Waals surface area (Å²) in [5, 5.41) is 14.3. The molecule has 0 aliphatic heterocycles. The van der Waals surface area contributed by atoms with Crippen molar-refractivity contribution in [1.82, 2.24) is 9.97 Å². The van der Waals surface area contributed by atoms with Gasteiger partial charge >= 0.3 is 5.69 Å². The van der Waals surface area contributed by atoms with Gasteiger partial charge in [-0.15, -0.1) is 0 Å². The summed E-state index contributed by atoms with van der Waals surface area (Å²) in [7, 11) is 1.37. The monoisotopic (exact) mass is 282 g/mol. The lowest BCUT2D eigenvalue weighted by Crippen LogP contribution is -2.21. The molecular formula is C13H22N4O3. The van der Waals surface area contributed by atoms with Crippen LogP contribution in [0.3, 0.4) is 0 Å². The molecule has 0 spiro atoms. The molecule has 0 aromatic carbocycles. The van der Waals surface area contributed by atoms with Crippen LogP contribution in [-0.4, -0.2) is 28.0 Å². The number of rotatable bonds is 5. The molecular weight excluding hydrogens is 260 g/mol. The average molecular weight is 282 g/mol. The number of ether oxygens (including phenoxy) is 1. The number of hydrogen-bond donors (Lipinski definition) is 1. The predicted octanol–water partition coefficient (Wildman–Crippen LogP) is 2.90. The van der Waals surface area contributed by atoms with E-state index in [1.807, 2.05) is 34.6 Å². The second-order valence-electron chi connectivity index (χ2n) is 5.71. The highest BCUT2D eigenvalue weighted by Crippen LogP contribution is 2.34. The van der Waals surface area contributed by atoms with Crippen LogP contribution in [0.5, 0.6) is 5.88 Å². The second-order valence-corrected chi connectivity index (χ2v) is 5.71. The van der Waals surface area contributed by atoms with Gasteiger partial charge in [-0.2, -0.15) is 4.98 Å². The number of hydrogen-bond acceptors (Lipinski definition) is 6. The summed E-state index contributed by atoms with van der Waals surface area (Å²) in [6.07, 6.45) is 0.828. The summed E-state index contributed by atoms with van der Waals surface area (Å²) in [6.45, 7) is 9.77. The van der Waals surface area contributed by atoms with Crippen LogP contribution in [0.2, 0.25) is 0 Å². The number of nitrogens with zero attached hydrogens (tertiary/aromatic N) is 3. The first kappa shape index (κ1) is 16.1. The first-order valence-corrected chi connectivity index (χ1v) is 6.58. The lowest BCUT2D eigenvalue weighted by atomic mass is 9.95.